The van der Waals surface area contributed by atoms with Crippen molar-refractivity contribution in [2.24, 2.45) is 23.7 Å². The topological polar surface area (TPSA) is 20.2 Å². The van der Waals surface area contributed by atoms with Crippen LogP contribution in [0.2, 0.25) is 0 Å². The maximum Gasteiger partial charge on any atom is 0.0576 e. The average Bonchev–Trinajstić information content (AvgIpc) is 2.01. The summed E-state index contributed by atoms with van der Waals surface area (Å²) in [6.45, 7) is 9.01. The molecule has 0 radical (unpaired) electrons. The van der Waals surface area contributed by atoms with Crippen LogP contribution in [0.1, 0.15) is 47.0 Å². The Labute approximate surface area is 82.5 Å². The first-order valence-corrected chi connectivity index (χ1v) is 5.74. The molecular weight excluding hydrogens is 160 g/mol. The summed E-state index contributed by atoms with van der Waals surface area (Å²) < 4.78 is 0. The monoisotopic (exact) mass is 184 g/mol. The fraction of sp³-hybridized carbons (Fsp3) is 1.00. The van der Waals surface area contributed by atoms with Gasteiger partial charge in [-0.05, 0) is 36.5 Å². The number of hydrogen-bond donors (Lipinski definition) is 1. The molecule has 0 aromatic heterocycles. The van der Waals surface area contributed by atoms with Crippen LogP contribution >= 0.6 is 0 Å². The van der Waals surface area contributed by atoms with E-state index in [1.807, 2.05) is 0 Å². The highest BCUT2D eigenvalue weighted by atomic mass is 16.3. The van der Waals surface area contributed by atoms with Crippen LogP contribution in [0.3, 0.4) is 0 Å². The normalized spacial score (nSPS) is 41.1. The van der Waals surface area contributed by atoms with Gasteiger partial charge in [-0.3, -0.25) is 0 Å². The third-order valence-corrected chi connectivity index (χ3v) is 3.63. The van der Waals surface area contributed by atoms with Crippen LogP contribution in [0, 0.1) is 23.7 Å². The molecule has 0 heterocycles. The van der Waals surface area contributed by atoms with Gasteiger partial charge in [0.05, 0.1) is 6.10 Å². The smallest absolute Gasteiger partial charge is 0.0576 e. The van der Waals surface area contributed by atoms with E-state index >= 15 is 0 Å². The fourth-order valence-electron chi connectivity index (χ4n) is 3.08. The van der Waals surface area contributed by atoms with Gasteiger partial charge in [-0.1, -0.05) is 34.1 Å². The minimum Gasteiger partial charge on any atom is -0.393 e. The molecule has 0 aromatic rings. The predicted molar refractivity (Wildman–Crippen MR) is 56.5 cm³/mol. The summed E-state index contributed by atoms with van der Waals surface area (Å²) in [7, 11) is 0. The van der Waals surface area contributed by atoms with E-state index in [9.17, 15) is 5.11 Å². The lowest BCUT2D eigenvalue weighted by molar-refractivity contribution is -0.0138. The summed E-state index contributed by atoms with van der Waals surface area (Å²) in [4.78, 5) is 0. The lowest BCUT2D eigenvalue weighted by atomic mass is 9.67. The molecule has 0 aliphatic heterocycles. The summed E-state index contributed by atoms with van der Waals surface area (Å²) in [6.07, 6.45) is 3.51. The summed E-state index contributed by atoms with van der Waals surface area (Å²) in [6, 6.07) is 0. The number of rotatable bonds is 2. The highest BCUT2D eigenvalue weighted by molar-refractivity contribution is 4.85. The quantitative estimate of drug-likeness (QED) is 0.699. The minimum absolute atomic E-state index is 0.0475. The zero-order valence-corrected chi connectivity index (χ0v) is 9.46. The molecular formula is C12H24O. The molecule has 0 saturated heterocycles. The highest BCUT2D eigenvalue weighted by Gasteiger charge is 2.35. The van der Waals surface area contributed by atoms with Crippen molar-refractivity contribution < 1.29 is 5.11 Å². The second-order valence-electron chi connectivity index (χ2n) is 5.13. The molecule has 0 bridgehead atoms. The molecule has 13 heavy (non-hydrogen) atoms. The van der Waals surface area contributed by atoms with E-state index in [0.717, 1.165) is 18.3 Å². The van der Waals surface area contributed by atoms with Gasteiger partial charge in [0.1, 0.15) is 0 Å². The van der Waals surface area contributed by atoms with E-state index in [0.29, 0.717) is 11.8 Å². The SMILES string of the molecule is CCC1CC(C)CC(O)C1C(C)C. The van der Waals surface area contributed by atoms with E-state index < -0.39 is 0 Å². The van der Waals surface area contributed by atoms with E-state index in [1.165, 1.54) is 12.8 Å². The molecule has 0 spiro atoms. The molecule has 1 aliphatic carbocycles. The Morgan fingerprint density at radius 2 is 1.92 bits per heavy atom. The first kappa shape index (κ1) is 11.0. The summed E-state index contributed by atoms with van der Waals surface area (Å²) in [5.41, 5.74) is 0. The Bertz CT molecular complexity index is 153. The first-order valence-electron chi connectivity index (χ1n) is 5.74. The van der Waals surface area contributed by atoms with Crippen molar-refractivity contribution in [3.63, 3.8) is 0 Å². The van der Waals surface area contributed by atoms with Gasteiger partial charge < -0.3 is 5.11 Å². The van der Waals surface area contributed by atoms with Crippen molar-refractivity contribution in [1.82, 2.24) is 0 Å². The van der Waals surface area contributed by atoms with E-state index in [-0.39, 0.29) is 6.10 Å². The Morgan fingerprint density at radius 3 is 2.38 bits per heavy atom. The molecule has 78 valence electrons. The Kier molecular flexibility index (Phi) is 3.78. The molecule has 1 heteroatoms. The van der Waals surface area contributed by atoms with Crippen LogP contribution in [0.4, 0.5) is 0 Å². The Balaban J connectivity index is 2.66. The van der Waals surface area contributed by atoms with Gasteiger partial charge >= 0.3 is 0 Å². The van der Waals surface area contributed by atoms with Gasteiger partial charge in [-0.15, -0.1) is 0 Å². The fourth-order valence-corrected chi connectivity index (χ4v) is 3.08. The second kappa shape index (κ2) is 4.45. The number of aliphatic hydroxyl groups excluding tert-OH is 1. The maximum absolute atomic E-state index is 10.0. The van der Waals surface area contributed by atoms with E-state index in [4.69, 9.17) is 0 Å². The maximum atomic E-state index is 10.0. The zero-order chi connectivity index (χ0) is 10.0. The molecule has 1 saturated carbocycles. The van der Waals surface area contributed by atoms with Crippen LogP contribution < -0.4 is 0 Å². The minimum atomic E-state index is -0.0475. The molecule has 1 nitrogen and oxygen atoms in total. The van der Waals surface area contributed by atoms with Crippen molar-refractivity contribution in [3.05, 3.63) is 0 Å². The third kappa shape index (κ3) is 2.46. The van der Waals surface area contributed by atoms with Crippen LogP contribution in [-0.4, -0.2) is 11.2 Å². The van der Waals surface area contributed by atoms with Gasteiger partial charge in [-0.2, -0.15) is 0 Å². The van der Waals surface area contributed by atoms with Crippen LogP contribution in [0.15, 0.2) is 0 Å². The Hall–Kier alpha value is -0.0400. The molecule has 0 aromatic carbocycles. The molecule has 1 aliphatic rings. The van der Waals surface area contributed by atoms with Crippen molar-refractivity contribution in [2.45, 2.75) is 53.1 Å². The lowest BCUT2D eigenvalue weighted by Crippen LogP contribution is -2.38. The molecule has 1 fully saturated rings. The Morgan fingerprint density at radius 1 is 1.31 bits per heavy atom. The van der Waals surface area contributed by atoms with Crippen molar-refractivity contribution in [1.29, 1.82) is 0 Å². The molecule has 1 rings (SSSR count). The third-order valence-electron chi connectivity index (χ3n) is 3.63. The number of aliphatic hydroxyl groups is 1. The van der Waals surface area contributed by atoms with E-state index in [1.54, 1.807) is 0 Å². The highest BCUT2D eigenvalue weighted by Crippen LogP contribution is 2.39. The molecule has 4 atom stereocenters. The summed E-state index contributed by atoms with van der Waals surface area (Å²) in [5, 5.41) is 10.0. The van der Waals surface area contributed by atoms with Crippen molar-refractivity contribution in [2.75, 3.05) is 0 Å². The lowest BCUT2D eigenvalue weighted by Gasteiger charge is -2.40. The van der Waals surface area contributed by atoms with Crippen LogP contribution in [-0.2, 0) is 0 Å². The summed E-state index contributed by atoms with van der Waals surface area (Å²) >= 11 is 0. The van der Waals surface area contributed by atoms with Gasteiger partial charge in [0, 0.05) is 0 Å². The zero-order valence-electron chi connectivity index (χ0n) is 9.46. The molecule has 1 N–H and O–H groups in total. The van der Waals surface area contributed by atoms with Gasteiger partial charge in [0.15, 0.2) is 0 Å². The average molecular weight is 184 g/mol. The van der Waals surface area contributed by atoms with Crippen molar-refractivity contribution in [3.8, 4) is 0 Å². The molecule has 0 amide bonds. The summed E-state index contributed by atoms with van der Waals surface area (Å²) in [5.74, 6) is 2.64. The van der Waals surface area contributed by atoms with Crippen LogP contribution in [0.25, 0.3) is 0 Å². The standard InChI is InChI=1S/C12H24O/c1-5-10-6-9(4)7-11(13)12(10)8(2)3/h8-13H,5-7H2,1-4H3. The van der Waals surface area contributed by atoms with Gasteiger partial charge in [-0.25, -0.2) is 0 Å². The number of hydrogen-bond acceptors (Lipinski definition) is 1. The van der Waals surface area contributed by atoms with Crippen LogP contribution in [0.5, 0.6) is 0 Å². The van der Waals surface area contributed by atoms with Gasteiger partial charge in [0.25, 0.3) is 0 Å². The largest absolute Gasteiger partial charge is 0.393 e. The predicted octanol–water partition coefficient (Wildman–Crippen LogP) is 3.08. The molecule has 4 unspecified atom stereocenters. The van der Waals surface area contributed by atoms with Gasteiger partial charge in [0.2, 0.25) is 0 Å². The van der Waals surface area contributed by atoms with Crippen molar-refractivity contribution >= 4 is 0 Å². The van der Waals surface area contributed by atoms with E-state index in [2.05, 4.69) is 27.7 Å². The second-order valence-corrected chi connectivity index (χ2v) is 5.13. The first-order chi connectivity index (χ1) is 6.06.